The summed E-state index contributed by atoms with van der Waals surface area (Å²) >= 11 is 0. The summed E-state index contributed by atoms with van der Waals surface area (Å²) in [5, 5.41) is 2.88. The zero-order valence-electron chi connectivity index (χ0n) is 19.2. The van der Waals surface area contributed by atoms with E-state index < -0.39 is 0 Å². The van der Waals surface area contributed by atoms with Gasteiger partial charge in [-0.1, -0.05) is 0 Å². The van der Waals surface area contributed by atoms with Gasteiger partial charge in [-0.3, -0.25) is 4.79 Å². The maximum atomic E-state index is 12.7. The number of methoxy groups -OCH3 is 3. The highest BCUT2D eigenvalue weighted by molar-refractivity contribution is 6.02. The Morgan fingerprint density at radius 3 is 2.06 bits per heavy atom. The topological polar surface area (TPSA) is 73.2 Å². The average Bonchev–Trinajstić information content (AvgIpc) is 3.29. The van der Waals surface area contributed by atoms with Crippen LogP contribution < -0.4 is 24.4 Å². The lowest BCUT2D eigenvalue weighted by Gasteiger charge is -2.21. The number of benzene rings is 2. The number of hydrogen-bond acceptors (Lipinski definition) is 6. The van der Waals surface area contributed by atoms with Crippen molar-refractivity contribution in [1.29, 1.82) is 0 Å². The monoisotopic (exact) mass is 438 g/mol. The van der Waals surface area contributed by atoms with Crippen molar-refractivity contribution >= 4 is 17.3 Å². The van der Waals surface area contributed by atoms with E-state index in [2.05, 4.69) is 24.1 Å². The maximum Gasteiger partial charge on any atom is 0.291 e. The minimum Gasteiger partial charge on any atom is -0.496 e. The zero-order valence-corrected chi connectivity index (χ0v) is 19.2. The van der Waals surface area contributed by atoms with Gasteiger partial charge in [0.15, 0.2) is 5.76 Å². The van der Waals surface area contributed by atoms with E-state index in [1.807, 2.05) is 24.3 Å². The van der Waals surface area contributed by atoms with E-state index >= 15 is 0 Å². The summed E-state index contributed by atoms with van der Waals surface area (Å²) in [5.41, 5.74) is 2.64. The van der Waals surface area contributed by atoms with Gasteiger partial charge in [-0.15, -0.1) is 0 Å². The number of carbonyl (C=O) groups is 1. The van der Waals surface area contributed by atoms with E-state index in [0.717, 1.165) is 24.3 Å². The Morgan fingerprint density at radius 1 is 0.906 bits per heavy atom. The lowest BCUT2D eigenvalue weighted by molar-refractivity contribution is 0.0995. The van der Waals surface area contributed by atoms with Crippen LogP contribution in [0.3, 0.4) is 0 Å². The maximum absolute atomic E-state index is 12.7. The van der Waals surface area contributed by atoms with Crippen LogP contribution in [0.4, 0.5) is 11.4 Å². The first kappa shape index (κ1) is 23.1. The molecular weight excluding hydrogens is 408 g/mol. The van der Waals surface area contributed by atoms with Crippen molar-refractivity contribution in [3.05, 3.63) is 65.6 Å². The van der Waals surface area contributed by atoms with Crippen molar-refractivity contribution in [2.75, 3.05) is 44.6 Å². The molecule has 2 aromatic carbocycles. The summed E-state index contributed by atoms with van der Waals surface area (Å²) in [5.74, 6) is 2.43. The summed E-state index contributed by atoms with van der Waals surface area (Å²) in [4.78, 5) is 14.9. The Morgan fingerprint density at radius 2 is 1.53 bits per heavy atom. The van der Waals surface area contributed by atoms with Crippen LogP contribution >= 0.6 is 0 Å². The van der Waals surface area contributed by atoms with Gasteiger partial charge in [0.05, 0.1) is 21.3 Å². The Kier molecular flexibility index (Phi) is 7.65. The fourth-order valence-electron chi connectivity index (χ4n) is 3.56. The van der Waals surface area contributed by atoms with Gasteiger partial charge in [-0.05, 0) is 50.2 Å². The highest BCUT2D eigenvalue weighted by atomic mass is 16.5. The van der Waals surface area contributed by atoms with Crippen LogP contribution in [0, 0.1) is 0 Å². The number of nitrogens with one attached hydrogen (secondary N) is 1. The minimum atomic E-state index is -0.305. The zero-order chi connectivity index (χ0) is 23.1. The summed E-state index contributed by atoms with van der Waals surface area (Å²) in [6.45, 7) is 6.10. The number of carbonyl (C=O) groups excluding carboxylic acids is 1. The van der Waals surface area contributed by atoms with Gasteiger partial charge in [0.2, 0.25) is 0 Å². The number of amides is 1. The molecule has 0 aliphatic rings. The first-order chi connectivity index (χ1) is 15.5. The molecule has 32 heavy (non-hydrogen) atoms. The molecule has 0 bridgehead atoms. The third-order valence-corrected chi connectivity index (χ3v) is 5.31. The first-order valence-electron chi connectivity index (χ1n) is 10.6. The first-order valence-corrected chi connectivity index (χ1v) is 10.6. The lowest BCUT2D eigenvalue weighted by atomic mass is 10.1. The van der Waals surface area contributed by atoms with Crippen LogP contribution in [0.25, 0.3) is 0 Å². The van der Waals surface area contributed by atoms with Gasteiger partial charge in [0, 0.05) is 48.6 Å². The second-order valence-corrected chi connectivity index (χ2v) is 7.13. The highest BCUT2D eigenvalue weighted by Gasteiger charge is 2.17. The van der Waals surface area contributed by atoms with Crippen molar-refractivity contribution < 1.29 is 23.4 Å². The molecule has 1 aromatic heterocycles. The summed E-state index contributed by atoms with van der Waals surface area (Å²) in [6.07, 6.45) is 0.405. The van der Waals surface area contributed by atoms with Crippen LogP contribution in [0.5, 0.6) is 17.2 Å². The molecule has 170 valence electrons. The van der Waals surface area contributed by atoms with Gasteiger partial charge in [0.25, 0.3) is 5.91 Å². The second kappa shape index (κ2) is 10.6. The molecule has 1 amide bonds. The standard InChI is InChI=1S/C25H30N2O5/c1-6-27(7-2)18-10-8-17(9-11-18)26-25(28)22-13-12-19(32-22)14-21-23(30-4)15-20(29-3)16-24(21)31-5/h8-13,15-16H,6-7,14H2,1-5H3,(H,26,28). The second-order valence-electron chi connectivity index (χ2n) is 7.13. The SMILES string of the molecule is CCN(CC)c1ccc(NC(=O)c2ccc(Cc3c(OC)cc(OC)cc3OC)o2)cc1. The Balaban J connectivity index is 1.73. The molecule has 0 radical (unpaired) electrons. The van der Waals surface area contributed by atoms with E-state index in [1.165, 1.54) is 0 Å². The number of nitrogens with zero attached hydrogens (tertiary/aromatic N) is 1. The van der Waals surface area contributed by atoms with Crippen molar-refractivity contribution in [1.82, 2.24) is 0 Å². The Bertz CT molecular complexity index is 1010. The molecule has 1 heterocycles. The Hall–Kier alpha value is -3.61. The molecule has 0 spiro atoms. The van der Waals surface area contributed by atoms with Crippen molar-refractivity contribution in [2.45, 2.75) is 20.3 Å². The molecule has 1 N–H and O–H groups in total. The van der Waals surface area contributed by atoms with Gasteiger partial charge in [-0.25, -0.2) is 0 Å². The van der Waals surface area contributed by atoms with Crippen LogP contribution in [-0.2, 0) is 6.42 Å². The number of hydrogen-bond donors (Lipinski definition) is 1. The predicted molar refractivity (Wildman–Crippen MR) is 126 cm³/mol. The van der Waals surface area contributed by atoms with E-state index in [-0.39, 0.29) is 11.7 Å². The van der Waals surface area contributed by atoms with Gasteiger partial charge in [0.1, 0.15) is 23.0 Å². The fourth-order valence-corrected chi connectivity index (χ4v) is 3.56. The third kappa shape index (κ3) is 5.17. The fraction of sp³-hybridized carbons (Fsp3) is 0.320. The summed E-state index contributed by atoms with van der Waals surface area (Å²) in [7, 11) is 4.76. The van der Waals surface area contributed by atoms with E-state index in [4.69, 9.17) is 18.6 Å². The normalized spacial score (nSPS) is 10.5. The molecule has 0 atom stereocenters. The number of rotatable bonds is 10. The molecule has 0 saturated carbocycles. The third-order valence-electron chi connectivity index (χ3n) is 5.31. The van der Waals surface area contributed by atoms with Gasteiger partial charge < -0.3 is 28.8 Å². The van der Waals surface area contributed by atoms with Crippen molar-refractivity contribution in [3.63, 3.8) is 0 Å². The molecule has 0 fully saturated rings. The molecule has 7 heteroatoms. The largest absolute Gasteiger partial charge is 0.496 e. The molecule has 0 unspecified atom stereocenters. The van der Waals surface area contributed by atoms with E-state index in [9.17, 15) is 4.79 Å². The van der Waals surface area contributed by atoms with Crippen molar-refractivity contribution in [3.8, 4) is 17.2 Å². The molecule has 7 nitrogen and oxygen atoms in total. The van der Waals surface area contributed by atoms with Crippen LogP contribution in [0.1, 0.15) is 35.7 Å². The van der Waals surface area contributed by atoms with Crippen molar-refractivity contribution in [2.24, 2.45) is 0 Å². The quantitative estimate of drug-likeness (QED) is 0.481. The molecule has 0 saturated heterocycles. The Labute approximate surface area is 188 Å². The number of anilines is 2. The van der Waals surface area contributed by atoms with Gasteiger partial charge >= 0.3 is 0 Å². The summed E-state index contributed by atoms with van der Waals surface area (Å²) < 4.78 is 22.1. The molecule has 3 rings (SSSR count). The number of furan rings is 1. The van der Waals surface area contributed by atoms with E-state index in [1.54, 1.807) is 45.6 Å². The number of ether oxygens (including phenoxy) is 3. The highest BCUT2D eigenvalue weighted by Crippen LogP contribution is 2.36. The van der Waals surface area contributed by atoms with Crippen LogP contribution in [0.15, 0.2) is 52.9 Å². The molecule has 0 aliphatic heterocycles. The molecule has 3 aromatic rings. The van der Waals surface area contributed by atoms with Crippen LogP contribution in [0.2, 0.25) is 0 Å². The van der Waals surface area contributed by atoms with Gasteiger partial charge in [-0.2, -0.15) is 0 Å². The van der Waals surface area contributed by atoms with E-state index in [0.29, 0.717) is 35.1 Å². The smallest absolute Gasteiger partial charge is 0.291 e. The summed E-state index contributed by atoms with van der Waals surface area (Å²) in [6, 6.07) is 14.8. The predicted octanol–water partition coefficient (Wildman–Crippen LogP) is 4.99. The minimum absolute atomic E-state index is 0.235. The molecular formula is C25H30N2O5. The average molecular weight is 439 g/mol. The van der Waals surface area contributed by atoms with Crippen LogP contribution in [-0.4, -0.2) is 40.3 Å². The lowest BCUT2D eigenvalue weighted by Crippen LogP contribution is -2.21. The molecule has 0 aliphatic carbocycles.